The lowest BCUT2D eigenvalue weighted by molar-refractivity contribution is -0.137. The lowest BCUT2D eigenvalue weighted by atomic mass is 10.2. The molecule has 0 fully saturated rings. The summed E-state index contributed by atoms with van der Waals surface area (Å²) in [6, 6.07) is 11.0. The van der Waals surface area contributed by atoms with Gasteiger partial charge >= 0.3 is 6.18 Å². The number of alkyl halides is 3. The molecule has 0 atom stereocenters. The zero-order chi connectivity index (χ0) is 19.2. The van der Waals surface area contributed by atoms with E-state index >= 15 is 0 Å². The van der Waals surface area contributed by atoms with Crippen LogP contribution in [0.2, 0.25) is 0 Å². The molecular formula is C18H17F3N2O3. The van der Waals surface area contributed by atoms with Crippen LogP contribution in [-0.4, -0.2) is 18.9 Å². The molecule has 2 amide bonds. The van der Waals surface area contributed by atoms with Crippen molar-refractivity contribution in [3.05, 3.63) is 59.7 Å². The number of amides is 2. The van der Waals surface area contributed by atoms with Gasteiger partial charge in [0.1, 0.15) is 12.2 Å². The Balaban J connectivity index is 1.80. The Morgan fingerprint density at radius 1 is 0.962 bits per heavy atom. The van der Waals surface area contributed by atoms with Crippen molar-refractivity contribution in [1.82, 2.24) is 5.32 Å². The Bertz CT molecular complexity index is 757. The molecule has 2 N–H and O–H groups in total. The molecule has 5 nitrogen and oxygen atoms in total. The molecule has 0 radical (unpaired) electrons. The second kappa shape index (κ2) is 8.37. The van der Waals surface area contributed by atoms with Crippen LogP contribution in [0.5, 0.6) is 5.75 Å². The summed E-state index contributed by atoms with van der Waals surface area (Å²) in [7, 11) is 1.55. The highest BCUT2D eigenvalue weighted by molar-refractivity contribution is 6.03. The van der Waals surface area contributed by atoms with Crippen molar-refractivity contribution in [2.24, 2.45) is 0 Å². The number of carbonyl (C=O) groups excluding carboxylic acids is 2. The van der Waals surface area contributed by atoms with Crippen molar-refractivity contribution < 1.29 is 27.5 Å². The van der Waals surface area contributed by atoms with Gasteiger partial charge in [-0.15, -0.1) is 0 Å². The van der Waals surface area contributed by atoms with Gasteiger partial charge in [0.2, 0.25) is 11.8 Å². The van der Waals surface area contributed by atoms with Crippen LogP contribution in [0.15, 0.2) is 48.5 Å². The summed E-state index contributed by atoms with van der Waals surface area (Å²) in [5.74, 6) is -0.418. The number of hydrogen-bond acceptors (Lipinski definition) is 3. The van der Waals surface area contributed by atoms with E-state index in [2.05, 4.69) is 10.6 Å². The van der Waals surface area contributed by atoms with E-state index in [1.807, 2.05) is 0 Å². The van der Waals surface area contributed by atoms with E-state index in [0.717, 1.165) is 29.8 Å². The molecule has 2 rings (SSSR count). The van der Waals surface area contributed by atoms with Crippen LogP contribution in [0.25, 0.3) is 0 Å². The number of carbonyl (C=O) groups is 2. The van der Waals surface area contributed by atoms with Crippen LogP contribution in [0.4, 0.5) is 18.9 Å². The summed E-state index contributed by atoms with van der Waals surface area (Å²) in [6.07, 6.45) is -4.87. The zero-order valence-electron chi connectivity index (χ0n) is 13.9. The summed E-state index contributed by atoms with van der Waals surface area (Å²) in [4.78, 5) is 23.6. The summed E-state index contributed by atoms with van der Waals surface area (Å²) in [6.45, 7) is 0.246. The third-order valence-corrected chi connectivity index (χ3v) is 3.47. The van der Waals surface area contributed by atoms with E-state index in [1.165, 1.54) is 0 Å². The minimum Gasteiger partial charge on any atom is -0.497 e. The molecule has 0 aliphatic rings. The van der Waals surface area contributed by atoms with Gasteiger partial charge in [0.25, 0.3) is 0 Å². The zero-order valence-corrected chi connectivity index (χ0v) is 13.9. The standard InChI is InChI=1S/C18H17F3N2O3/c1-26-15-8-2-12(3-9-15)11-22-16(24)10-17(25)23-14-6-4-13(5-7-14)18(19,20)21/h2-9H,10-11H2,1H3,(H,22,24)(H,23,25). The van der Waals surface area contributed by atoms with Gasteiger partial charge in [0.05, 0.1) is 12.7 Å². The first-order valence-corrected chi connectivity index (χ1v) is 7.64. The van der Waals surface area contributed by atoms with E-state index < -0.39 is 30.0 Å². The predicted molar refractivity (Wildman–Crippen MR) is 89.5 cm³/mol. The molecule has 2 aromatic carbocycles. The van der Waals surface area contributed by atoms with Crippen LogP contribution in [-0.2, 0) is 22.3 Å². The lowest BCUT2D eigenvalue weighted by Gasteiger charge is -2.09. The van der Waals surface area contributed by atoms with Crippen LogP contribution >= 0.6 is 0 Å². The summed E-state index contributed by atoms with van der Waals surface area (Å²) in [5.41, 5.74) is 0.209. The number of hydrogen-bond donors (Lipinski definition) is 2. The fourth-order valence-corrected chi connectivity index (χ4v) is 2.10. The lowest BCUT2D eigenvalue weighted by Crippen LogP contribution is -2.27. The fraction of sp³-hybridized carbons (Fsp3) is 0.222. The Morgan fingerprint density at radius 2 is 1.58 bits per heavy atom. The molecule has 0 aromatic heterocycles. The van der Waals surface area contributed by atoms with Crippen molar-refractivity contribution >= 4 is 17.5 Å². The Hall–Kier alpha value is -3.03. The van der Waals surface area contributed by atoms with Gasteiger partial charge < -0.3 is 15.4 Å². The maximum atomic E-state index is 12.5. The van der Waals surface area contributed by atoms with Gasteiger partial charge in [-0.2, -0.15) is 13.2 Å². The number of halogens is 3. The first-order valence-electron chi connectivity index (χ1n) is 7.64. The second-order valence-electron chi connectivity index (χ2n) is 5.42. The molecule has 8 heteroatoms. The normalized spacial score (nSPS) is 10.9. The number of methoxy groups -OCH3 is 1. The Labute approximate surface area is 148 Å². The first-order chi connectivity index (χ1) is 12.3. The quantitative estimate of drug-likeness (QED) is 0.771. The van der Waals surface area contributed by atoms with E-state index in [1.54, 1.807) is 31.4 Å². The number of nitrogens with one attached hydrogen (secondary N) is 2. The van der Waals surface area contributed by atoms with E-state index in [-0.39, 0.29) is 12.2 Å². The monoisotopic (exact) mass is 366 g/mol. The maximum Gasteiger partial charge on any atom is 0.416 e. The van der Waals surface area contributed by atoms with Gasteiger partial charge in [-0.3, -0.25) is 9.59 Å². The Kier molecular flexibility index (Phi) is 6.21. The molecule has 2 aromatic rings. The SMILES string of the molecule is COc1ccc(CNC(=O)CC(=O)Nc2ccc(C(F)(F)F)cc2)cc1. The second-order valence-corrected chi connectivity index (χ2v) is 5.42. The highest BCUT2D eigenvalue weighted by atomic mass is 19.4. The molecule has 0 spiro atoms. The summed E-state index contributed by atoms with van der Waals surface area (Å²) in [5, 5.41) is 4.97. The Morgan fingerprint density at radius 3 is 2.12 bits per heavy atom. The molecule has 138 valence electrons. The average molecular weight is 366 g/mol. The van der Waals surface area contributed by atoms with Crippen molar-refractivity contribution in [2.75, 3.05) is 12.4 Å². The van der Waals surface area contributed by atoms with Crippen LogP contribution in [0, 0.1) is 0 Å². The smallest absolute Gasteiger partial charge is 0.416 e. The van der Waals surface area contributed by atoms with Crippen LogP contribution < -0.4 is 15.4 Å². The molecular weight excluding hydrogens is 349 g/mol. The molecule has 0 saturated heterocycles. The van der Waals surface area contributed by atoms with E-state index in [9.17, 15) is 22.8 Å². The van der Waals surface area contributed by atoms with Crippen molar-refractivity contribution in [2.45, 2.75) is 19.1 Å². The van der Waals surface area contributed by atoms with E-state index in [0.29, 0.717) is 5.75 Å². The van der Waals surface area contributed by atoms with Crippen molar-refractivity contribution in [3.8, 4) is 5.75 Å². The van der Waals surface area contributed by atoms with Gasteiger partial charge in [-0.1, -0.05) is 12.1 Å². The molecule has 0 aliphatic carbocycles. The average Bonchev–Trinajstić information content (AvgIpc) is 2.60. The third-order valence-electron chi connectivity index (χ3n) is 3.47. The number of anilines is 1. The molecule has 0 aliphatic heterocycles. The maximum absolute atomic E-state index is 12.5. The molecule has 0 unspecified atom stereocenters. The van der Waals surface area contributed by atoms with Crippen molar-refractivity contribution in [1.29, 1.82) is 0 Å². The topological polar surface area (TPSA) is 67.4 Å². The molecule has 0 heterocycles. The molecule has 0 bridgehead atoms. The van der Waals surface area contributed by atoms with Gasteiger partial charge in [0.15, 0.2) is 0 Å². The first kappa shape index (κ1) is 19.3. The van der Waals surface area contributed by atoms with E-state index in [4.69, 9.17) is 4.74 Å². The van der Waals surface area contributed by atoms with Crippen molar-refractivity contribution in [3.63, 3.8) is 0 Å². The van der Waals surface area contributed by atoms with Crippen LogP contribution in [0.1, 0.15) is 17.5 Å². The highest BCUT2D eigenvalue weighted by Crippen LogP contribution is 2.29. The third kappa shape index (κ3) is 5.80. The molecule has 26 heavy (non-hydrogen) atoms. The summed E-state index contributed by atoms with van der Waals surface area (Å²) < 4.78 is 42.4. The number of rotatable bonds is 6. The molecule has 0 saturated carbocycles. The number of benzene rings is 2. The van der Waals surface area contributed by atoms with Crippen LogP contribution in [0.3, 0.4) is 0 Å². The minimum absolute atomic E-state index is 0.186. The number of ether oxygens (including phenoxy) is 1. The fourth-order valence-electron chi connectivity index (χ4n) is 2.10. The van der Waals surface area contributed by atoms with Gasteiger partial charge in [-0.25, -0.2) is 0 Å². The minimum atomic E-state index is -4.44. The predicted octanol–water partition coefficient (Wildman–Crippen LogP) is 3.36. The van der Waals surface area contributed by atoms with Gasteiger partial charge in [-0.05, 0) is 42.0 Å². The summed E-state index contributed by atoms with van der Waals surface area (Å²) >= 11 is 0. The largest absolute Gasteiger partial charge is 0.497 e. The highest BCUT2D eigenvalue weighted by Gasteiger charge is 2.30. The van der Waals surface area contributed by atoms with Gasteiger partial charge in [0, 0.05) is 12.2 Å².